The number of rotatable bonds is 3. The van der Waals surface area contributed by atoms with Crippen molar-refractivity contribution in [3.05, 3.63) is 62.2 Å². The molecular formula is C17H15N5O2S. The van der Waals surface area contributed by atoms with Crippen LogP contribution in [0.4, 0.5) is 0 Å². The van der Waals surface area contributed by atoms with Gasteiger partial charge in [-0.25, -0.2) is 4.52 Å². The molecule has 0 fully saturated rings. The van der Waals surface area contributed by atoms with Crippen LogP contribution in [0.15, 0.2) is 40.5 Å². The normalized spacial score (nSPS) is 12.6. The van der Waals surface area contributed by atoms with Gasteiger partial charge in [0.1, 0.15) is 0 Å². The van der Waals surface area contributed by atoms with E-state index in [4.69, 9.17) is 0 Å². The van der Waals surface area contributed by atoms with Crippen molar-refractivity contribution in [1.29, 1.82) is 0 Å². The van der Waals surface area contributed by atoms with Gasteiger partial charge in [-0.3, -0.25) is 9.59 Å². The molecule has 0 aliphatic rings. The van der Waals surface area contributed by atoms with Gasteiger partial charge in [0.15, 0.2) is 11.2 Å². The minimum absolute atomic E-state index is 0.0205. The van der Waals surface area contributed by atoms with E-state index in [1.165, 1.54) is 4.52 Å². The number of hydrogen-bond acceptors (Lipinski definition) is 5. The number of carbonyl (C=O) groups excluding carboxylic acids is 1. The molecule has 2 N–H and O–H groups in total. The van der Waals surface area contributed by atoms with Crippen molar-refractivity contribution in [2.75, 3.05) is 0 Å². The van der Waals surface area contributed by atoms with Gasteiger partial charge in [0, 0.05) is 4.88 Å². The summed E-state index contributed by atoms with van der Waals surface area (Å²) in [4.78, 5) is 28.9. The van der Waals surface area contributed by atoms with Gasteiger partial charge in [-0.05, 0) is 43.0 Å². The smallest absolute Gasteiger partial charge is 0.277 e. The van der Waals surface area contributed by atoms with Crippen molar-refractivity contribution in [3.8, 4) is 0 Å². The van der Waals surface area contributed by atoms with E-state index in [2.05, 4.69) is 20.6 Å². The average molecular weight is 353 g/mol. The topological polar surface area (TPSA) is 92.1 Å². The molecule has 0 saturated heterocycles. The van der Waals surface area contributed by atoms with Crippen molar-refractivity contribution in [2.24, 2.45) is 0 Å². The van der Waals surface area contributed by atoms with Crippen molar-refractivity contribution in [2.45, 2.75) is 19.9 Å². The summed E-state index contributed by atoms with van der Waals surface area (Å²) < 4.78 is 1.42. The number of benzene rings is 1. The van der Waals surface area contributed by atoms with Crippen LogP contribution >= 0.6 is 11.3 Å². The van der Waals surface area contributed by atoms with Crippen LogP contribution in [0.2, 0.25) is 0 Å². The maximum absolute atomic E-state index is 12.6. The van der Waals surface area contributed by atoms with Crippen molar-refractivity contribution in [3.63, 3.8) is 0 Å². The maximum Gasteiger partial charge on any atom is 0.277 e. The third-order valence-corrected chi connectivity index (χ3v) is 5.10. The van der Waals surface area contributed by atoms with E-state index < -0.39 is 11.5 Å². The van der Waals surface area contributed by atoms with Gasteiger partial charge < -0.3 is 10.3 Å². The molecule has 3 heterocycles. The molecule has 1 aromatic carbocycles. The lowest BCUT2D eigenvalue weighted by Gasteiger charge is -2.10. The summed E-state index contributed by atoms with van der Waals surface area (Å²) in [6, 6.07) is 9.32. The average Bonchev–Trinajstić information content (AvgIpc) is 3.24. The molecule has 4 aromatic rings. The molecule has 0 saturated carbocycles. The van der Waals surface area contributed by atoms with Crippen LogP contribution in [-0.2, 0) is 0 Å². The summed E-state index contributed by atoms with van der Waals surface area (Å²) in [6.07, 6.45) is 0. The fourth-order valence-electron chi connectivity index (χ4n) is 2.80. The Hall–Kier alpha value is -3.00. The SMILES string of the molecule is Cc1ccc2c(c1)[nH]c(=O)c1c(C(=O)N[C@@H](C)c3cccs3)nnn12. The molecule has 0 aliphatic carbocycles. The molecule has 4 rings (SSSR count). The van der Waals surface area contributed by atoms with E-state index in [1.807, 2.05) is 49.6 Å². The Morgan fingerprint density at radius 3 is 2.96 bits per heavy atom. The van der Waals surface area contributed by atoms with Crippen molar-refractivity contribution >= 4 is 33.8 Å². The van der Waals surface area contributed by atoms with Crippen LogP contribution in [-0.4, -0.2) is 25.7 Å². The second-order valence-corrected chi connectivity index (χ2v) is 6.86. The molecule has 8 heteroatoms. The Balaban J connectivity index is 1.79. The molecule has 0 aliphatic heterocycles. The van der Waals surface area contributed by atoms with Crippen LogP contribution in [0.1, 0.15) is 33.9 Å². The van der Waals surface area contributed by atoms with E-state index in [0.717, 1.165) is 10.4 Å². The van der Waals surface area contributed by atoms with Gasteiger partial charge in [-0.15, -0.1) is 16.4 Å². The number of aromatic nitrogens is 4. The quantitative estimate of drug-likeness (QED) is 0.592. The van der Waals surface area contributed by atoms with Gasteiger partial charge >= 0.3 is 0 Å². The number of nitrogens with one attached hydrogen (secondary N) is 2. The second-order valence-electron chi connectivity index (χ2n) is 5.88. The molecule has 126 valence electrons. The number of fused-ring (bicyclic) bond motifs is 3. The molecule has 0 unspecified atom stereocenters. The Morgan fingerprint density at radius 1 is 1.36 bits per heavy atom. The lowest BCUT2D eigenvalue weighted by Crippen LogP contribution is -2.27. The van der Waals surface area contributed by atoms with E-state index in [-0.39, 0.29) is 17.3 Å². The van der Waals surface area contributed by atoms with Gasteiger partial charge in [0.25, 0.3) is 11.5 Å². The monoisotopic (exact) mass is 353 g/mol. The van der Waals surface area contributed by atoms with Gasteiger partial charge in [0.05, 0.1) is 17.1 Å². The van der Waals surface area contributed by atoms with E-state index in [1.54, 1.807) is 11.3 Å². The zero-order chi connectivity index (χ0) is 17.6. The predicted molar refractivity (Wildman–Crippen MR) is 96.1 cm³/mol. The molecule has 1 atom stereocenters. The van der Waals surface area contributed by atoms with Crippen LogP contribution in [0.25, 0.3) is 16.6 Å². The zero-order valence-corrected chi connectivity index (χ0v) is 14.4. The predicted octanol–water partition coefficient (Wildman–Crippen LogP) is 2.43. The molecule has 3 aromatic heterocycles. The molecule has 25 heavy (non-hydrogen) atoms. The molecule has 0 bridgehead atoms. The fraction of sp³-hybridized carbons (Fsp3) is 0.176. The number of H-pyrrole nitrogens is 1. The summed E-state index contributed by atoms with van der Waals surface area (Å²) in [7, 11) is 0. The van der Waals surface area contributed by atoms with Gasteiger partial charge in [0.2, 0.25) is 0 Å². The Kier molecular flexibility index (Phi) is 3.61. The third kappa shape index (κ3) is 2.60. The summed E-state index contributed by atoms with van der Waals surface area (Å²) in [5.41, 5.74) is 2.14. The van der Waals surface area contributed by atoms with Crippen LogP contribution < -0.4 is 10.9 Å². The highest BCUT2D eigenvalue weighted by molar-refractivity contribution is 7.10. The number of thiophene rings is 1. The Labute approximate surface area is 146 Å². The first kappa shape index (κ1) is 15.5. The highest BCUT2D eigenvalue weighted by atomic mass is 32.1. The third-order valence-electron chi connectivity index (χ3n) is 4.05. The standard InChI is InChI=1S/C17H15N5O2S/c1-9-5-6-12-11(8-9)19-17(24)15-14(20-21-22(12)15)16(23)18-10(2)13-4-3-7-25-13/h3-8,10H,1-2H3,(H,18,23)(H,19,24)/t10-/m0/s1. The highest BCUT2D eigenvalue weighted by Crippen LogP contribution is 2.19. The summed E-state index contributed by atoms with van der Waals surface area (Å²) in [6.45, 7) is 3.83. The Morgan fingerprint density at radius 2 is 2.20 bits per heavy atom. The number of amides is 1. The van der Waals surface area contributed by atoms with Crippen molar-refractivity contribution < 1.29 is 4.79 Å². The summed E-state index contributed by atoms with van der Waals surface area (Å²) in [5.74, 6) is -0.423. The summed E-state index contributed by atoms with van der Waals surface area (Å²) >= 11 is 1.56. The van der Waals surface area contributed by atoms with Gasteiger partial charge in [-0.1, -0.05) is 17.3 Å². The molecular weight excluding hydrogens is 338 g/mol. The minimum atomic E-state index is -0.423. The first-order valence-corrected chi connectivity index (χ1v) is 8.65. The first-order valence-electron chi connectivity index (χ1n) is 7.77. The van der Waals surface area contributed by atoms with E-state index in [0.29, 0.717) is 11.0 Å². The lowest BCUT2D eigenvalue weighted by atomic mass is 10.2. The van der Waals surface area contributed by atoms with Crippen LogP contribution in [0.3, 0.4) is 0 Å². The number of aryl methyl sites for hydroxylation is 1. The summed E-state index contributed by atoms with van der Waals surface area (Å²) in [5, 5.41) is 12.8. The minimum Gasteiger partial charge on any atom is -0.343 e. The number of hydrogen-bond donors (Lipinski definition) is 2. The number of nitrogens with zero attached hydrogens (tertiary/aromatic N) is 3. The zero-order valence-electron chi connectivity index (χ0n) is 13.6. The maximum atomic E-state index is 12.6. The van der Waals surface area contributed by atoms with Crippen LogP contribution in [0, 0.1) is 6.92 Å². The van der Waals surface area contributed by atoms with Gasteiger partial charge in [-0.2, -0.15) is 0 Å². The largest absolute Gasteiger partial charge is 0.343 e. The van der Waals surface area contributed by atoms with E-state index in [9.17, 15) is 9.59 Å². The Bertz CT molecular complexity index is 1140. The van der Waals surface area contributed by atoms with E-state index >= 15 is 0 Å². The van der Waals surface area contributed by atoms with Crippen LogP contribution in [0.5, 0.6) is 0 Å². The number of carbonyl (C=O) groups is 1. The fourth-order valence-corrected chi connectivity index (χ4v) is 3.53. The molecule has 0 radical (unpaired) electrons. The molecule has 1 amide bonds. The first-order chi connectivity index (χ1) is 12.0. The molecule has 0 spiro atoms. The molecule has 7 nitrogen and oxygen atoms in total. The lowest BCUT2D eigenvalue weighted by molar-refractivity contribution is 0.0937. The highest BCUT2D eigenvalue weighted by Gasteiger charge is 2.21. The number of aromatic amines is 1. The van der Waals surface area contributed by atoms with Crippen molar-refractivity contribution in [1.82, 2.24) is 25.1 Å². The second kappa shape index (κ2) is 5.82.